The van der Waals surface area contributed by atoms with Crippen LogP contribution in [0.25, 0.3) is 11.0 Å². The number of hydrogen-bond donors (Lipinski definition) is 2. The van der Waals surface area contributed by atoms with E-state index in [2.05, 4.69) is 15.6 Å². The van der Waals surface area contributed by atoms with Gasteiger partial charge in [0.05, 0.1) is 17.6 Å². The van der Waals surface area contributed by atoms with E-state index in [0.717, 1.165) is 36.7 Å². The number of nitrogens with one attached hydrogen (secondary N) is 2. The van der Waals surface area contributed by atoms with E-state index >= 15 is 0 Å². The van der Waals surface area contributed by atoms with Crippen molar-refractivity contribution in [3.05, 3.63) is 60.2 Å². The lowest BCUT2D eigenvalue weighted by atomic mass is 9.89. The van der Waals surface area contributed by atoms with E-state index in [1.165, 1.54) is 30.7 Å². The normalized spacial score (nSPS) is 14.6. The molecule has 1 aliphatic rings. The Morgan fingerprint density at radius 2 is 1.77 bits per heavy atom. The fraction of sp³-hybridized carbons (Fsp3) is 0.348. The molecule has 6 nitrogen and oxygen atoms in total. The summed E-state index contributed by atoms with van der Waals surface area (Å²) in [5, 5.41) is 5.78. The van der Waals surface area contributed by atoms with Crippen LogP contribution in [-0.2, 0) is 22.7 Å². The molecule has 0 radical (unpaired) electrons. The summed E-state index contributed by atoms with van der Waals surface area (Å²) in [7, 11) is 0. The van der Waals surface area contributed by atoms with Gasteiger partial charge in [0.15, 0.2) is 0 Å². The zero-order chi connectivity index (χ0) is 20.9. The Kier molecular flexibility index (Phi) is 6.07. The van der Waals surface area contributed by atoms with Crippen molar-refractivity contribution in [1.82, 2.24) is 14.9 Å². The number of anilines is 1. The molecule has 2 aromatic carbocycles. The molecule has 2 N–H and O–H groups in total. The van der Waals surface area contributed by atoms with E-state index in [1.54, 1.807) is 0 Å². The molecule has 0 unspecified atom stereocenters. The summed E-state index contributed by atoms with van der Waals surface area (Å²) in [6.07, 6.45) is 5.26. The standard InChI is InChI=1S/C23H25FN4O2/c24-17-10-12-18(13-11-17)26-22(29)15-28-20-9-5-4-8-19(20)27-21(28)14-25-23(30)16-6-2-1-3-7-16/h4-5,8-13,16H,1-3,6-7,14-15H2,(H,25,30)(H,26,29). The minimum Gasteiger partial charge on any atom is -0.349 e. The minimum absolute atomic E-state index is 0.0481. The molecule has 0 saturated heterocycles. The van der Waals surface area contributed by atoms with Crippen molar-refractivity contribution < 1.29 is 14.0 Å². The Hall–Kier alpha value is -3.22. The number of amides is 2. The molecule has 1 aliphatic carbocycles. The number of nitrogens with zero attached hydrogens (tertiary/aromatic N) is 2. The molecule has 0 spiro atoms. The Morgan fingerprint density at radius 3 is 2.53 bits per heavy atom. The zero-order valence-electron chi connectivity index (χ0n) is 16.7. The predicted molar refractivity (Wildman–Crippen MR) is 113 cm³/mol. The average Bonchev–Trinajstić information content (AvgIpc) is 3.11. The van der Waals surface area contributed by atoms with E-state index in [-0.39, 0.29) is 36.6 Å². The van der Waals surface area contributed by atoms with E-state index < -0.39 is 0 Å². The van der Waals surface area contributed by atoms with Gasteiger partial charge in [0.25, 0.3) is 0 Å². The molecular formula is C23H25FN4O2. The zero-order valence-corrected chi connectivity index (χ0v) is 16.7. The van der Waals surface area contributed by atoms with Crippen LogP contribution < -0.4 is 10.6 Å². The molecule has 0 atom stereocenters. The Balaban J connectivity index is 1.49. The first kappa shape index (κ1) is 20.1. The highest BCUT2D eigenvalue weighted by atomic mass is 19.1. The van der Waals surface area contributed by atoms with Gasteiger partial charge in [-0.3, -0.25) is 9.59 Å². The molecule has 0 aliphatic heterocycles. The third kappa shape index (κ3) is 4.67. The summed E-state index contributed by atoms with van der Waals surface area (Å²) < 4.78 is 14.9. The van der Waals surface area contributed by atoms with Crippen LogP contribution in [-0.4, -0.2) is 21.4 Å². The second-order valence-electron chi connectivity index (χ2n) is 7.71. The van der Waals surface area contributed by atoms with Gasteiger partial charge in [-0.2, -0.15) is 0 Å². The van der Waals surface area contributed by atoms with Crippen molar-refractivity contribution in [1.29, 1.82) is 0 Å². The molecule has 7 heteroatoms. The average molecular weight is 408 g/mol. The quantitative estimate of drug-likeness (QED) is 0.647. The van der Waals surface area contributed by atoms with Crippen LogP contribution in [0.5, 0.6) is 0 Å². The first-order chi connectivity index (χ1) is 14.6. The number of benzene rings is 2. The summed E-state index contributed by atoms with van der Waals surface area (Å²) >= 11 is 0. The smallest absolute Gasteiger partial charge is 0.244 e. The fourth-order valence-corrected chi connectivity index (χ4v) is 3.99. The number of carbonyl (C=O) groups is 2. The van der Waals surface area contributed by atoms with Crippen LogP contribution in [0.4, 0.5) is 10.1 Å². The molecule has 30 heavy (non-hydrogen) atoms. The Bertz CT molecular complexity index is 1040. The molecule has 4 rings (SSSR count). The summed E-state index contributed by atoms with van der Waals surface area (Å²) in [5.74, 6) is 0.159. The van der Waals surface area contributed by atoms with E-state index in [0.29, 0.717) is 11.5 Å². The van der Waals surface area contributed by atoms with Gasteiger partial charge in [-0.05, 0) is 49.2 Å². The lowest BCUT2D eigenvalue weighted by Gasteiger charge is -2.20. The summed E-state index contributed by atoms with van der Waals surface area (Å²) in [6, 6.07) is 13.2. The van der Waals surface area contributed by atoms with Gasteiger partial charge < -0.3 is 15.2 Å². The molecule has 1 aromatic heterocycles. The molecule has 1 fully saturated rings. The fourth-order valence-electron chi connectivity index (χ4n) is 3.99. The number of rotatable bonds is 6. The van der Waals surface area contributed by atoms with Gasteiger partial charge >= 0.3 is 0 Å². The van der Waals surface area contributed by atoms with Crippen molar-refractivity contribution in [2.45, 2.75) is 45.2 Å². The topological polar surface area (TPSA) is 76.0 Å². The van der Waals surface area contributed by atoms with E-state index in [1.807, 2.05) is 28.8 Å². The maximum atomic E-state index is 13.1. The van der Waals surface area contributed by atoms with Crippen molar-refractivity contribution in [3.8, 4) is 0 Å². The van der Waals surface area contributed by atoms with Crippen LogP contribution in [0.15, 0.2) is 48.5 Å². The Morgan fingerprint density at radius 1 is 1.03 bits per heavy atom. The Labute approximate surface area is 174 Å². The van der Waals surface area contributed by atoms with Gasteiger partial charge in [0, 0.05) is 11.6 Å². The number of imidazole rings is 1. The van der Waals surface area contributed by atoms with Crippen LogP contribution in [0.3, 0.4) is 0 Å². The highest BCUT2D eigenvalue weighted by Crippen LogP contribution is 2.24. The van der Waals surface area contributed by atoms with Crippen molar-refractivity contribution in [2.24, 2.45) is 5.92 Å². The molecule has 3 aromatic rings. The second-order valence-corrected chi connectivity index (χ2v) is 7.71. The van der Waals surface area contributed by atoms with Gasteiger partial charge in [-0.15, -0.1) is 0 Å². The SMILES string of the molecule is O=C(Cn1c(CNC(=O)C2CCCCC2)nc2ccccc21)Nc1ccc(F)cc1. The lowest BCUT2D eigenvalue weighted by Crippen LogP contribution is -2.32. The molecule has 156 valence electrons. The number of aromatic nitrogens is 2. The van der Waals surface area contributed by atoms with E-state index in [9.17, 15) is 14.0 Å². The minimum atomic E-state index is -0.357. The summed E-state index contributed by atoms with van der Waals surface area (Å²) in [6.45, 7) is 0.320. The monoisotopic (exact) mass is 408 g/mol. The molecular weight excluding hydrogens is 383 g/mol. The highest BCUT2D eigenvalue weighted by Gasteiger charge is 2.22. The molecule has 1 heterocycles. The van der Waals surface area contributed by atoms with Crippen LogP contribution in [0.2, 0.25) is 0 Å². The molecule has 0 bridgehead atoms. The van der Waals surface area contributed by atoms with E-state index in [4.69, 9.17) is 0 Å². The molecule has 1 saturated carbocycles. The number of fused-ring (bicyclic) bond motifs is 1. The van der Waals surface area contributed by atoms with Gasteiger partial charge in [-0.25, -0.2) is 9.37 Å². The summed E-state index contributed by atoms with van der Waals surface area (Å²) in [5.41, 5.74) is 2.13. The number of para-hydroxylation sites is 2. The maximum Gasteiger partial charge on any atom is 0.244 e. The second kappa shape index (κ2) is 9.07. The maximum absolute atomic E-state index is 13.1. The van der Waals surface area contributed by atoms with Gasteiger partial charge in [0.2, 0.25) is 11.8 Å². The molecule has 2 amide bonds. The van der Waals surface area contributed by atoms with Crippen molar-refractivity contribution >= 4 is 28.5 Å². The van der Waals surface area contributed by atoms with Crippen molar-refractivity contribution in [2.75, 3.05) is 5.32 Å². The first-order valence-electron chi connectivity index (χ1n) is 10.4. The van der Waals surface area contributed by atoms with Crippen molar-refractivity contribution in [3.63, 3.8) is 0 Å². The predicted octanol–water partition coefficient (Wildman–Crippen LogP) is 4.01. The first-order valence-corrected chi connectivity index (χ1v) is 10.4. The number of halogens is 1. The largest absolute Gasteiger partial charge is 0.349 e. The highest BCUT2D eigenvalue weighted by molar-refractivity contribution is 5.91. The third-order valence-corrected chi connectivity index (χ3v) is 5.56. The summed E-state index contributed by atoms with van der Waals surface area (Å²) in [4.78, 5) is 29.8. The van der Waals surface area contributed by atoms with Crippen LogP contribution in [0.1, 0.15) is 37.9 Å². The van der Waals surface area contributed by atoms with Crippen LogP contribution in [0, 0.1) is 11.7 Å². The van der Waals surface area contributed by atoms with Gasteiger partial charge in [-0.1, -0.05) is 31.4 Å². The third-order valence-electron chi connectivity index (χ3n) is 5.56. The van der Waals surface area contributed by atoms with Gasteiger partial charge in [0.1, 0.15) is 18.2 Å². The number of carbonyl (C=O) groups excluding carboxylic acids is 2. The number of hydrogen-bond acceptors (Lipinski definition) is 3. The van der Waals surface area contributed by atoms with Crippen LogP contribution >= 0.6 is 0 Å². The lowest BCUT2D eigenvalue weighted by molar-refractivity contribution is -0.126.